The Labute approximate surface area is 150 Å². The number of para-hydroxylation sites is 1. The molecule has 4 nitrogen and oxygen atoms in total. The quantitative estimate of drug-likeness (QED) is 0.705. The Morgan fingerprint density at radius 2 is 1.65 bits per heavy atom. The van der Waals surface area contributed by atoms with Crippen molar-refractivity contribution in [3.8, 4) is 11.5 Å². The summed E-state index contributed by atoms with van der Waals surface area (Å²) in [7, 11) is 0. The second-order valence-corrected chi connectivity index (χ2v) is 5.74. The highest BCUT2D eigenvalue weighted by atomic mass is 19.1. The molecule has 1 amide bonds. The highest BCUT2D eigenvalue weighted by Crippen LogP contribution is 2.30. The normalized spacial score (nSPS) is 10.3. The van der Waals surface area contributed by atoms with Gasteiger partial charge in [-0.25, -0.2) is 4.39 Å². The van der Waals surface area contributed by atoms with Crippen molar-refractivity contribution in [3.05, 3.63) is 95.3 Å². The van der Waals surface area contributed by atoms with Crippen LogP contribution in [0.4, 0.5) is 4.39 Å². The molecule has 0 saturated carbocycles. The number of phenolic OH excluding ortho intramolecular Hbond substituents is 1. The van der Waals surface area contributed by atoms with Crippen LogP contribution in [-0.2, 0) is 13.2 Å². The van der Waals surface area contributed by atoms with Gasteiger partial charge in [0.2, 0.25) is 0 Å². The Bertz CT molecular complexity index is 880. The molecule has 2 N–H and O–H groups in total. The maximum Gasteiger partial charge on any atom is 0.255 e. The van der Waals surface area contributed by atoms with Gasteiger partial charge in [-0.1, -0.05) is 48.5 Å². The number of hydrogen-bond donors (Lipinski definition) is 2. The number of rotatable bonds is 6. The van der Waals surface area contributed by atoms with E-state index in [0.717, 1.165) is 11.1 Å². The number of ether oxygens (including phenoxy) is 1. The van der Waals surface area contributed by atoms with Gasteiger partial charge in [-0.3, -0.25) is 4.79 Å². The first-order valence-electron chi connectivity index (χ1n) is 8.15. The van der Waals surface area contributed by atoms with Crippen LogP contribution in [0.2, 0.25) is 0 Å². The van der Waals surface area contributed by atoms with Gasteiger partial charge in [0.05, 0.1) is 5.56 Å². The molecule has 3 aromatic carbocycles. The summed E-state index contributed by atoms with van der Waals surface area (Å²) >= 11 is 0. The molecular weight excluding hydrogens is 333 g/mol. The molecule has 0 fully saturated rings. The van der Waals surface area contributed by atoms with Crippen LogP contribution in [0.3, 0.4) is 0 Å². The summed E-state index contributed by atoms with van der Waals surface area (Å²) in [5, 5.41) is 13.0. The van der Waals surface area contributed by atoms with Gasteiger partial charge >= 0.3 is 0 Å². The molecule has 132 valence electrons. The van der Waals surface area contributed by atoms with Crippen LogP contribution in [0.1, 0.15) is 21.5 Å². The monoisotopic (exact) mass is 351 g/mol. The highest BCUT2D eigenvalue weighted by molar-refractivity contribution is 5.97. The van der Waals surface area contributed by atoms with E-state index in [9.17, 15) is 14.3 Å². The smallest absolute Gasteiger partial charge is 0.255 e. The van der Waals surface area contributed by atoms with E-state index in [1.54, 1.807) is 24.3 Å². The van der Waals surface area contributed by atoms with Crippen molar-refractivity contribution in [2.45, 2.75) is 13.2 Å². The number of phenols is 1. The molecule has 0 radical (unpaired) electrons. The van der Waals surface area contributed by atoms with E-state index in [0.29, 0.717) is 0 Å². The van der Waals surface area contributed by atoms with Crippen molar-refractivity contribution in [3.63, 3.8) is 0 Å². The molecule has 0 aliphatic heterocycles. The zero-order valence-corrected chi connectivity index (χ0v) is 14.0. The van der Waals surface area contributed by atoms with Crippen LogP contribution in [0.15, 0.2) is 72.8 Å². The minimum absolute atomic E-state index is 0.123. The van der Waals surface area contributed by atoms with E-state index in [2.05, 4.69) is 5.32 Å². The van der Waals surface area contributed by atoms with E-state index in [4.69, 9.17) is 4.74 Å². The van der Waals surface area contributed by atoms with Crippen molar-refractivity contribution < 1.29 is 19.0 Å². The molecule has 0 unspecified atom stereocenters. The summed E-state index contributed by atoms with van der Waals surface area (Å²) in [4.78, 5) is 12.3. The molecule has 5 heteroatoms. The second kappa shape index (κ2) is 8.16. The third-order valence-corrected chi connectivity index (χ3v) is 3.85. The summed E-state index contributed by atoms with van der Waals surface area (Å²) in [5.41, 5.74) is 1.84. The molecule has 3 aromatic rings. The lowest BCUT2D eigenvalue weighted by molar-refractivity contribution is 0.0947. The third-order valence-electron chi connectivity index (χ3n) is 3.85. The van der Waals surface area contributed by atoms with Crippen LogP contribution in [-0.4, -0.2) is 11.0 Å². The van der Waals surface area contributed by atoms with Crippen molar-refractivity contribution in [2.75, 3.05) is 0 Å². The van der Waals surface area contributed by atoms with Gasteiger partial charge in [-0.2, -0.15) is 0 Å². The van der Waals surface area contributed by atoms with E-state index in [1.807, 2.05) is 30.3 Å². The predicted octanol–water partition coefficient (Wildman–Crippen LogP) is 4.04. The number of aromatic hydroxyl groups is 1. The number of benzene rings is 3. The summed E-state index contributed by atoms with van der Waals surface area (Å²) in [5.74, 6) is -0.735. The first-order valence-corrected chi connectivity index (χ1v) is 8.15. The number of nitrogens with one attached hydrogen (secondary N) is 1. The van der Waals surface area contributed by atoms with Gasteiger partial charge in [0.25, 0.3) is 5.91 Å². The molecule has 0 aliphatic carbocycles. The molecule has 0 bridgehead atoms. The zero-order chi connectivity index (χ0) is 18.4. The largest absolute Gasteiger partial charge is 0.504 e. The van der Waals surface area contributed by atoms with E-state index in [1.165, 1.54) is 18.2 Å². The zero-order valence-electron chi connectivity index (χ0n) is 14.0. The fourth-order valence-corrected chi connectivity index (χ4v) is 2.44. The summed E-state index contributed by atoms with van der Waals surface area (Å²) in [6, 6.07) is 20.2. The molecule has 0 aliphatic rings. The fraction of sp³-hybridized carbons (Fsp3) is 0.0952. The number of amides is 1. The number of carbonyl (C=O) groups excluding carboxylic acids is 1. The minimum Gasteiger partial charge on any atom is -0.504 e. The van der Waals surface area contributed by atoms with Crippen LogP contribution in [0.5, 0.6) is 11.5 Å². The molecule has 3 rings (SSSR count). The van der Waals surface area contributed by atoms with Gasteiger partial charge < -0.3 is 15.2 Å². The lowest BCUT2D eigenvalue weighted by atomic mass is 10.1. The van der Waals surface area contributed by atoms with Gasteiger partial charge in [0.1, 0.15) is 12.4 Å². The maximum atomic E-state index is 12.9. The van der Waals surface area contributed by atoms with Crippen LogP contribution in [0.25, 0.3) is 0 Å². The molecule has 0 aromatic heterocycles. The van der Waals surface area contributed by atoms with Gasteiger partial charge in [-0.15, -0.1) is 0 Å². The topological polar surface area (TPSA) is 58.6 Å². The first-order chi connectivity index (χ1) is 12.6. The van der Waals surface area contributed by atoms with E-state index < -0.39 is 5.91 Å². The average Bonchev–Trinajstić information content (AvgIpc) is 2.67. The first kappa shape index (κ1) is 17.5. The van der Waals surface area contributed by atoms with Crippen molar-refractivity contribution in [2.24, 2.45) is 0 Å². The second-order valence-electron chi connectivity index (χ2n) is 5.74. The van der Waals surface area contributed by atoms with Crippen molar-refractivity contribution in [1.29, 1.82) is 0 Å². The number of hydrogen-bond acceptors (Lipinski definition) is 3. The Morgan fingerprint density at radius 1 is 0.923 bits per heavy atom. The molecular formula is C21H18FNO3. The predicted molar refractivity (Wildman–Crippen MR) is 96.5 cm³/mol. The van der Waals surface area contributed by atoms with Crippen LogP contribution in [0, 0.1) is 5.82 Å². The maximum absolute atomic E-state index is 12.9. The van der Waals surface area contributed by atoms with Gasteiger partial charge in [-0.05, 0) is 35.4 Å². The molecule has 26 heavy (non-hydrogen) atoms. The molecule has 0 saturated heterocycles. The van der Waals surface area contributed by atoms with E-state index >= 15 is 0 Å². The fourth-order valence-electron chi connectivity index (χ4n) is 2.44. The van der Waals surface area contributed by atoms with Crippen LogP contribution >= 0.6 is 0 Å². The Kier molecular flexibility index (Phi) is 5.49. The summed E-state index contributed by atoms with van der Waals surface area (Å²) < 4.78 is 18.5. The standard InChI is InChI=1S/C21H18FNO3/c22-17-11-9-15(10-12-17)13-23-21(25)18-7-4-8-19(20(18)24)26-14-16-5-2-1-3-6-16/h1-12,24H,13-14H2,(H,23,25). The molecule has 0 heterocycles. The average molecular weight is 351 g/mol. The lowest BCUT2D eigenvalue weighted by Gasteiger charge is -2.12. The van der Waals surface area contributed by atoms with Crippen LogP contribution < -0.4 is 10.1 Å². The number of halogens is 1. The third kappa shape index (κ3) is 4.39. The lowest BCUT2D eigenvalue weighted by Crippen LogP contribution is -2.23. The Hall–Kier alpha value is -3.34. The SMILES string of the molecule is O=C(NCc1ccc(F)cc1)c1cccc(OCc2ccccc2)c1O. The number of carbonyl (C=O) groups is 1. The van der Waals surface area contributed by atoms with Gasteiger partial charge in [0, 0.05) is 6.54 Å². The van der Waals surface area contributed by atoms with E-state index in [-0.39, 0.29) is 36.0 Å². The Balaban J connectivity index is 1.65. The Morgan fingerprint density at radius 3 is 2.38 bits per heavy atom. The van der Waals surface area contributed by atoms with Gasteiger partial charge in [0.15, 0.2) is 11.5 Å². The molecule has 0 spiro atoms. The summed E-state index contributed by atoms with van der Waals surface area (Å²) in [6.07, 6.45) is 0. The van der Waals surface area contributed by atoms with Crippen molar-refractivity contribution in [1.82, 2.24) is 5.32 Å². The minimum atomic E-state index is -0.433. The van der Waals surface area contributed by atoms with Crippen molar-refractivity contribution >= 4 is 5.91 Å². The molecule has 0 atom stereocenters. The summed E-state index contributed by atoms with van der Waals surface area (Å²) in [6.45, 7) is 0.517. The highest BCUT2D eigenvalue weighted by Gasteiger charge is 2.15.